The van der Waals surface area contributed by atoms with E-state index in [9.17, 15) is 0 Å². The predicted molar refractivity (Wildman–Crippen MR) is 54.8 cm³/mol. The third-order valence-electron chi connectivity index (χ3n) is 1.29. The van der Waals surface area contributed by atoms with Crippen LogP contribution < -0.4 is 0 Å². The van der Waals surface area contributed by atoms with Gasteiger partial charge in [0.05, 0.1) is 0 Å². The highest BCUT2D eigenvalue weighted by atomic mass is 13.9. The minimum atomic E-state index is 1.37. The molecule has 0 radical (unpaired) electrons. The summed E-state index contributed by atoms with van der Waals surface area (Å²) in [5, 5.41) is 0. The van der Waals surface area contributed by atoms with E-state index in [0.717, 1.165) is 0 Å². The molecule has 0 heterocycles. The first-order chi connectivity index (χ1) is 5.04. The van der Waals surface area contributed by atoms with Gasteiger partial charge in [-0.05, 0) is 34.6 Å². The molecule has 0 N–H and O–H groups in total. The van der Waals surface area contributed by atoms with E-state index in [1.165, 1.54) is 16.7 Å². The van der Waals surface area contributed by atoms with Crippen LogP contribution in [0.2, 0.25) is 0 Å². The molecule has 0 bridgehead atoms. The summed E-state index contributed by atoms with van der Waals surface area (Å²) in [5.74, 6) is 0. The van der Waals surface area contributed by atoms with Gasteiger partial charge in [-0.3, -0.25) is 0 Å². The Kier molecular flexibility index (Phi) is 9.03. The number of hydrogen-bond donors (Lipinski definition) is 0. The highest BCUT2D eigenvalue weighted by Gasteiger charge is 1.84. The first-order valence-corrected chi connectivity index (χ1v) is 4.33. The minimum absolute atomic E-state index is 1.37. The Balaban J connectivity index is 0. The Morgan fingerprint density at radius 3 is 1.27 bits per heavy atom. The van der Waals surface area contributed by atoms with E-state index in [4.69, 9.17) is 0 Å². The van der Waals surface area contributed by atoms with Gasteiger partial charge < -0.3 is 0 Å². The Hall–Kier alpha value is -0.520. The summed E-state index contributed by atoms with van der Waals surface area (Å²) in [5.41, 5.74) is 4.15. The minimum Gasteiger partial charge on any atom is -0.0762 e. The Morgan fingerprint density at radius 2 is 1.18 bits per heavy atom. The van der Waals surface area contributed by atoms with Gasteiger partial charge in [0.15, 0.2) is 0 Å². The monoisotopic (exact) mass is 154 g/mol. The van der Waals surface area contributed by atoms with E-state index >= 15 is 0 Å². The van der Waals surface area contributed by atoms with Crippen molar-refractivity contribution in [3.05, 3.63) is 22.8 Å². The molecule has 0 nitrogen and oxygen atoms in total. The fourth-order valence-electron chi connectivity index (χ4n) is 0.577. The largest absolute Gasteiger partial charge is 0.0762 e. The average Bonchev–Trinajstić information content (AvgIpc) is 1.90. The maximum Gasteiger partial charge on any atom is -0.0398 e. The van der Waals surface area contributed by atoms with Crippen molar-refractivity contribution in [2.45, 2.75) is 48.5 Å². The molecule has 0 aliphatic heterocycles. The van der Waals surface area contributed by atoms with Gasteiger partial charge in [-0.2, -0.15) is 0 Å². The second kappa shape index (κ2) is 7.59. The molecule has 0 spiro atoms. The number of allylic oxidation sites excluding steroid dienone is 4. The van der Waals surface area contributed by atoms with E-state index < -0.39 is 0 Å². The zero-order chi connectivity index (χ0) is 9.44. The number of rotatable bonds is 1. The summed E-state index contributed by atoms with van der Waals surface area (Å²) in [4.78, 5) is 0. The average molecular weight is 154 g/mol. The zero-order valence-corrected chi connectivity index (χ0v) is 9.08. The lowest BCUT2D eigenvalue weighted by Gasteiger charge is -1.95. The molecule has 0 saturated heterocycles. The molecule has 66 valence electrons. The van der Waals surface area contributed by atoms with Gasteiger partial charge in [-0.25, -0.2) is 0 Å². The van der Waals surface area contributed by atoms with Gasteiger partial charge in [0, 0.05) is 0 Å². The summed E-state index contributed by atoms with van der Waals surface area (Å²) in [6.45, 7) is 14.6. The van der Waals surface area contributed by atoms with Crippen molar-refractivity contribution in [3.63, 3.8) is 0 Å². The lowest BCUT2D eigenvalue weighted by atomic mass is 10.1. The van der Waals surface area contributed by atoms with Crippen molar-refractivity contribution in [1.29, 1.82) is 0 Å². The van der Waals surface area contributed by atoms with Crippen molar-refractivity contribution in [2.24, 2.45) is 0 Å². The maximum absolute atomic E-state index is 2.20. The summed E-state index contributed by atoms with van der Waals surface area (Å²) >= 11 is 0. The van der Waals surface area contributed by atoms with Crippen molar-refractivity contribution >= 4 is 0 Å². The lowest BCUT2D eigenvalue weighted by Crippen LogP contribution is -1.74. The quantitative estimate of drug-likeness (QED) is 0.493. The third-order valence-corrected chi connectivity index (χ3v) is 1.29. The Bertz CT molecular complexity index is 139. The van der Waals surface area contributed by atoms with Crippen LogP contribution in [0.4, 0.5) is 0 Å². The molecule has 0 fully saturated rings. The molecule has 0 aliphatic carbocycles. The van der Waals surface area contributed by atoms with E-state index in [2.05, 4.69) is 40.7 Å². The van der Waals surface area contributed by atoms with Gasteiger partial charge in [0.1, 0.15) is 0 Å². The molecular formula is C11H22. The van der Waals surface area contributed by atoms with Gasteiger partial charge in [-0.15, -0.1) is 0 Å². The normalized spacial score (nSPS) is 7.55. The number of hydrogen-bond acceptors (Lipinski definition) is 0. The Labute approximate surface area is 72.0 Å². The SMILES string of the molecule is CC.CC(C)=CC(C)=C(C)C. The van der Waals surface area contributed by atoms with Crippen LogP contribution in [0.1, 0.15) is 48.5 Å². The third kappa shape index (κ3) is 9.48. The standard InChI is InChI=1S/C9H16.C2H6/c1-7(2)6-9(5)8(3)4;1-2/h6H,1-5H3;1-2H3. The summed E-state index contributed by atoms with van der Waals surface area (Å²) < 4.78 is 0. The van der Waals surface area contributed by atoms with Gasteiger partial charge in [0.25, 0.3) is 0 Å². The fraction of sp³-hybridized carbons (Fsp3) is 0.636. The van der Waals surface area contributed by atoms with Crippen molar-refractivity contribution in [3.8, 4) is 0 Å². The lowest BCUT2D eigenvalue weighted by molar-refractivity contribution is 1.26. The Morgan fingerprint density at radius 1 is 0.818 bits per heavy atom. The fourth-order valence-corrected chi connectivity index (χ4v) is 0.577. The second-order valence-electron chi connectivity index (χ2n) is 2.90. The van der Waals surface area contributed by atoms with Gasteiger partial charge in [0.2, 0.25) is 0 Å². The van der Waals surface area contributed by atoms with E-state index in [0.29, 0.717) is 0 Å². The molecule has 0 unspecified atom stereocenters. The van der Waals surface area contributed by atoms with Crippen LogP contribution in [0.15, 0.2) is 22.8 Å². The van der Waals surface area contributed by atoms with E-state index in [-0.39, 0.29) is 0 Å². The zero-order valence-electron chi connectivity index (χ0n) is 9.08. The van der Waals surface area contributed by atoms with Crippen LogP contribution >= 0.6 is 0 Å². The molecule has 0 amide bonds. The maximum atomic E-state index is 2.20. The smallest absolute Gasteiger partial charge is 0.0398 e. The van der Waals surface area contributed by atoms with Crippen molar-refractivity contribution < 1.29 is 0 Å². The molecule has 0 aromatic carbocycles. The van der Waals surface area contributed by atoms with Crippen LogP contribution in [0.3, 0.4) is 0 Å². The highest BCUT2D eigenvalue weighted by Crippen LogP contribution is 2.05. The first-order valence-electron chi connectivity index (χ1n) is 4.33. The van der Waals surface area contributed by atoms with Crippen LogP contribution in [-0.2, 0) is 0 Å². The molecular weight excluding hydrogens is 132 g/mol. The molecule has 0 rings (SSSR count). The van der Waals surface area contributed by atoms with E-state index in [1.54, 1.807) is 0 Å². The van der Waals surface area contributed by atoms with Crippen LogP contribution in [-0.4, -0.2) is 0 Å². The van der Waals surface area contributed by atoms with Crippen LogP contribution in [0.5, 0.6) is 0 Å². The van der Waals surface area contributed by atoms with Crippen LogP contribution in [0.25, 0.3) is 0 Å². The van der Waals surface area contributed by atoms with E-state index in [1.807, 2.05) is 13.8 Å². The summed E-state index contributed by atoms with van der Waals surface area (Å²) in [7, 11) is 0. The summed E-state index contributed by atoms with van der Waals surface area (Å²) in [6, 6.07) is 0. The first kappa shape index (κ1) is 13.1. The summed E-state index contributed by atoms with van der Waals surface area (Å²) in [6.07, 6.45) is 2.20. The van der Waals surface area contributed by atoms with Gasteiger partial charge >= 0.3 is 0 Å². The molecule has 0 saturated carbocycles. The van der Waals surface area contributed by atoms with Gasteiger partial charge in [-0.1, -0.05) is 36.6 Å². The highest BCUT2D eigenvalue weighted by molar-refractivity contribution is 5.23. The van der Waals surface area contributed by atoms with Crippen molar-refractivity contribution in [2.75, 3.05) is 0 Å². The predicted octanol–water partition coefficient (Wildman–Crippen LogP) is 4.34. The molecule has 11 heavy (non-hydrogen) atoms. The molecule has 0 heteroatoms. The van der Waals surface area contributed by atoms with Crippen molar-refractivity contribution in [1.82, 2.24) is 0 Å². The molecule has 0 aromatic rings. The molecule has 0 atom stereocenters. The molecule has 0 aromatic heterocycles. The molecule has 0 aliphatic rings. The topological polar surface area (TPSA) is 0 Å². The van der Waals surface area contributed by atoms with Crippen LogP contribution in [0, 0.1) is 0 Å². The second-order valence-corrected chi connectivity index (χ2v) is 2.90.